The molecule has 1 aliphatic heterocycles. The van der Waals surface area contributed by atoms with Crippen molar-refractivity contribution in [2.24, 2.45) is 0 Å². The van der Waals surface area contributed by atoms with Crippen molar-refractivity contribution < 1.29 is 14.3 Å². The van der Waals surface area contributed by atoms with Gasteiger partial charge in [0.15, 0.2) is 0 Å². The van der Waals surface area contributed by atoms with Crippen LogP contribution >= 0.6 is 0 Å². The first kappa shape index (κ1) is 13.0. The van der Waals surface area contributed by atoms with E-state index in [0.717, 1.165) is 6.42 Å². The molecule has 0 saturated carbocycles. The molecule has 92 valence electrons. The van der Waals surface area contributed by atoms with Crippen LogP contribution < -0.4 is 5.32 Å². The molecule has 1 rings (SSSR count). The third-order valence-corrected chi connectivity index (χ3v) is 2.57. The van der Waals surface area contributed by atoms with Gasteiger partial charge in [-0.15, -0.1) is 0 Å². The second-order valence-corrected chi connectivity index (χ2v) is 3.87. The number of nitrogens with one attached hydrogen (secondary N) is 1. The van der Waals surface area contributed by atoms with E-state index in [0.29, 0.717) is 26.2 Å². The number of carbonyl (C=O) groups is 2. The number of hydrogen-bond acceptors (Lipinski definition) is 3. The number of hydrogen-bond donors (Lipinski definition) is 1. The monoisotopic (exact) mass is 228 g/mol. The van der Waals surface area contributed by atoms with Crippen molar-refractivity contribution in [3.05, 3.63) is 0 Å². The van der Waals surface area contributed by atoms with Crippen LogP contribution in [0.3, 0.4) is 0 Å². The summed E-state index contributed by atoms with van der Waals surface area (Å²) in [6.07, 6.45) is 1.59. The summed E-state index contributed by atoms with van der Waals surface area (Å²) in [7, 11) is 0. The molecule has 1 N–H and O–H groups in total. The van der Waals surface area contributed by atoms with E-state index in [1.165, 1.54) is 0 Å². The molecule has 1 unspecified atom stereocenters. The van der Waals surface area contributed by atoms with Crippen molar-refractivity contribution in [3.8, 4) is 0 Å². The van der Waals surface area contributed by atoms with Gasteiger partial charge in [0, 0.05) is 13.2 Å². The molecule has 16 heavy (non-hydrogen) atoms. The quantitative estimate of drug-likeness (QED) is 0.658. The van der Waals surface area contributed by atoms with Crippen molar-refractivity contribution in [1.29, 1.82) is 0 Å². The molecular weight excluding hydrogens is 208 g/mol. The lowest BCUT2D eigenvalue weighted by atomic mass is 10.1. The normalized spacial score (nSPS) is 21.1. The molecule has 1 aliphatic rings. The smallest absolute Gasteiger partial charge is 0.245 e. The third-order valence-electron chi connectivity index (χ3n) is 2.57. The van der Waals surface area contributed by atoms with Gasteiger partial charge in [0.25, 0.3) is 0 Å². The zero-order chi connectivity index (χ0) is 12.0. The van der Waals surface area contributed by atoms with E-state index < -0.39 is 0 Å². The SMILES string of the molecule is CCCC1NC(=O)CN(CCOCC)C1=O. The maximum atomic E-state index is 11.9. The Hall–Kier alpha value is -1.10. The first-order chi connectivity index (χ1) is 7.69. The zero-order valence-corrected chi connectivity index (χ0v) is 9.99. The van der Waals surface area contributed by atoms with Gasteiger partial charge in [0.1, 0.15) is 6.04 Å². The van der Waals surface area contributed by atoms with Gasteiger partial charge in [0.05, 0.1) is 13.2 Å². The summed E-state index contributed by atoms with van der Waals surface area (Å²) >= 11 is 0. The standard InChI is InChI=1S/C11H20N2O3/c1-3-5-9-11(15)13(6-7-16-4-2)8-10(14)12-9/h9H,3-8H2,1-2H3,(H,12,14). The number of rotatable bonds is 6. The summed E-state index contributed by atoms with van der Waals surface area (Å²) in [5, 5.41) is 2.72. The molecule has 1 fully saturated rings. The van der Waals surface area contributed by atoms with Crippen molar-refractivity contribution in [3.63, 3.8) is 0 Å². The Bertz CT molecular complexity index is 256. The molecule has 2 amide bonds. The van der Waals surface area contributed by atoms with Gasteiger partial charge >= 0.3 is 0 Å². The van der Waals surface area contributed by atoms with Crippen LogP contribution in [0.4, 0.5) is 0 Å². The van der Waals surface area contributed by atoms with Gasteiger partial charge in [-0.2, -0.15) is 0 Å². The summed E-state index contributed by atoms with van der Waals surface area (Å²) in [6, 6.07) is -0.340. The fourth-order valence-electron chi connectivity index (χ4n) is 1.77. The van der Waals surface area contributed by atoms with Crippen LogP contribution in [-0.2, 0) is 14.3 Å². The lowest BCUT2D eigenvalue weighted by molar-refractivity contribution is -0.145. The molecule has 5 heteroatoms. The van der Waals surface area contributed by atoms with Gasteiger partial charge in [-0.3, -0.25) is 9.59 Å². The Morgan fingerprint density at radius 1 is 1.44 bits per heavy atom. The lowest BCUT2D eigenvalue weighted by Crippen LogP contribution is -2.58. The average Bonchev–Trinajstić information content (AvgIpc) is 2.25. The minimum Gasteiger partial charge on any atom is -0.380 e. The van der Waals surface area contributed by atoms with E-state index in [-0.39, 0.29) is 24.4 Å². The van der Waals surface area contributed by atoms with E-state index >= 15 is 0 Å². The first-order valence-corrected chi connectivity index (χ1v) is 5.85. The lowest BCUT2D eigenvalue weighted by Gasteiger charge is -2.32. The van der Waals surface area contributed by atoms with Gasteiger partial charge in [0.2, 0.25) is 11.8 Å². The van der Waals surface area contributed by atoms with Crippen LogP contribution in [0.25, 0.3) is 0 Å². The highest BCUT2D eigenvalue weighted by Crippen LogP contribution is 2.07. The molecule has 0 radical (unpaired) electrons. The molecule has 0 bridgehead atoms. The van der Waals surface area contributed by atoms with Crippen LogP contribution in [0.1, 0.15) is 26.7 Å². The van der Waals surface area contributed by atoms with Crippen molar-refractivity contribution in [2.45, 2.75) is 32.7 Å². The molecular formula is C11H20N2O3. The largest absolute Gasteiger partial charge is 0.380 e. The van der Waals surface area contributed by atoms with E-state index in [1.807, 2.05) is 13.8 Å². The van der Waals surface area contributed by atoms with Crippen molar-refractivity contribution in [2.75, 3.05) is 26.3 Å². The predicted molar refractivity (Wildman–Crippen MR) is 59.9 cm³/mol. The molecule has 1 saturated heterocycles. The van der Waals surface area contributed by atoms with E-state index in [9.17, 15) is 9.59 Å². The summed E-state index contributed by atoms with van der Waals surface area (Å²) < 4.78 is 5.19. The van der Waals surface area contributed by atoms with E-state index in [2.05, 4.69) is 5.32 Å². The first-order valence-electron chi connectivity index (χ1n) is 5.85. The average molecular weight is 228 g/mol. The summed E-state index contributed by atoms with van der Waals surface area (Å²) in [6.45, 7) is 5.69. The zero-order valence-electron chi connectivity index (χ0n) is 9.99. The molecule has 0 aromatic carbocycles. The minimum atomic E-state index is -0.340. The fraction of sp³-hybridized carbons (Fsp3) is 0.818. The molecule has 0 spiro atoms. The minimum absolute atomic E-state index is 0.0150. The Balaban J connectivity index is 2.48. The third kappa shape index (κ3) is 3.48. The highest BCUT2D eigenvalue weighted by Gasteiger charge is 2.31. The molecule has 0 aromatic heterocycles. The molecule has 0 aromatic rings. The summed E-state index contributed by atoms with van der Waals surface area (Å²) in [5.41, 5.74) is 0. The number of nitrogens with zero attached hydrogens (tertiary/aromatic N) is 1. The highest BCUT2D eigenvalue weighted by atomic mass is 16.5. The maximum Gasteiger partial charge on any atom is 0.245 e. The Kier molecular flexibility index (Phi) is 5.25. The second-order valence-electron chi connectivity index (χ2n) is 3.87. The summed E-state index contributed by atoms with van der Waals surface area (Å²) in [5.74, 6) is -0.0595. The predicted octanol–water partition coefficient (Wildman–Crippen LogP) is 0.150. The Morgan fingerprint density at radius 3 is 2.81 bits per heavy atom. The van der Waals surface area contributed by atoms with Gasteiger partial charge in [-0.05, 0) is 13.3 Å². The number of amides is 2. The Morgan fingerprint density at radius 2 is 2.19 bits per heavy atom. The van der Waals surface area contributed by atoms with E-state index in [4.69, 9.17) is 4.74 Å². The maximum absolute atomic E-state index is 11.9. The summed E-state index contributed by atoms with van der Waals surface area (Å²) in [4.78, 5) is 24.9. The van der Waals surface area contributed by atoms with Gasteiger partial charge < -0.3 is 15.0 Å². The number of piperazine rings is 1. The Labute approximate surface area is 96.1 Å². The molecule has 1 atom stereocenters. The van der Waals surface area contributed by atoms with Crippen LogP contribution in [-0.4, -0.2) is 49.1 Å². The molecule has 0 aliphatic carbocycles. The molecule has 1 heterocycles. The fourth-order valence-corrected chi connectivity index (χ4v) is 1.77. The van der Waals surface area contributed by atoms with Crippen molar-refractivity contribution >= 4 is 11.8 Å². The second kappa shape index (κ2) is 6.48. The topological polar surface area (TPSA) is 58.6 Å². The van der Waals surface area contributed by atoms with Gasteiger partial charge in [-0.25, -0.2) is 0 Å². The highest BCUT2D eigenvalue weighted by molar-refractivity contribution is 5.94. The van der Waals surface area contributed by atoms with Crippen LogP contribution in [0.5, 0.6) is 0 Å². The van der Waals surface area contributed by atoms with Gasteiger partial charge in [-0.1, -0.05) is 13.3 Å². The number of ether oxygens (including phenoxy) is 1. The number of carbonyl (C=O) groups excluding carboxylic acids is 2. The van der Waals surface area contributed by atoms with Crippen LogP contribution in [0.15, 0.2) is 0 Å². The molecule has 5 nitrogen and oxygen atoms in total. The van der Waals surface area contributed by atoms with Crippen molar-refractivity contribution in [1.82, 2.24) is 10.2 Å². The van der Waals surface area contributed by atoms with Crippen LogP contribution in [0, 0.1) is 0 Å². The van der Waals surface area contributed by atoms with E-state index in [1.54, 1.807) is 4.90 Å². The van der Waals surface area contributed by atoms with Crippen LogP contribution in [0.2, 0.25) is 0 Å².